The lowest BCUT2D eigenvalue weighted by Gasteiger charge is -2.01. The number of halogens is 1. The molecule has 0 amide bonds. The third-order valence-electron chi connectivity index (χ3n) is 3.13. The van der Waals surface area contributed by atoms with Crippen molar-refractivity contribution in [2.24, 2.45) is 4.99 Å². The fourth-order valence-electron chi connectivity index (χ4n) is 2.01. The Morgan fingerprint density at radius 3 is 2.48 bits per heavy atom. The van der Waals surface area contributed by atoms with Gasteiger partial charge in [-0.2, -0.15) is 0 Å². The Hall–Kier alpha value is -2.80. The van der Waals surface area contributed by atoms with Crippen LogP contribution in [0.5, 0.6) is 0 Å². The van der Waals surface area contributed by atoms with Gasteiger partial charge in [-0.25, -0.2) is 9.79 Å². The number of cyclic esters (lactones) is 1. The predicted molar refractivity (Wildman–Crippen MR) is 87.8 cm³/mol. The maximum absolute atomic E-state index is 11.9. The highest BCUT2D eigenvalue weighted by Gasteiger charge is 2.25. The Morgan fingerprint density at radius 2 is 1.83 bits per heavy atom. The summed E-state index contributed by atoms with van der Waals surface area (Å²) in [6.07, 6.45) is 1.52. The number of nitro groups is 1. The number of carbonyl (C=O) groups excluding carboxylic acids is 1. The molecule has 0 aromatic heterocycles. The monoisotopic (exact) mass is 372 g/mol. The second kappa shape index (κ2) is 6.13. The first kappa shape index (κ1) is 15.1. The molecule has 6 nitrogen and oxygen atoms in total. The summed E-state index contributed by atoms with van der Waals surface area (Å²) in [5, 5.41) is 10.6. The van der Waals surface area contributed by atoms with E-state index in [4.69, 9.17) is 4.74 Å². The van der Waals surface area contributed by atoms with E-state index in [1.807, 2.05) is 18.2 Å². The third-order valence-corrected chi connectivity index (χ3v) is 3.82. The SMILES string of the molecule is O=C1OC(c2ccccc2Br)=NC1=Cc1ccc([N+](=O)[O-])cc1. The van der Waals surface area contributed by atoms with E-state index < -0.39 is 10.9 Å². The number of rotatable bonds is 3. The Balaban J connectivity index is 1.92. The van der Waals surface area contributed by atoms with Gasteiger partial charge < -0.3 is 4.74 Å². The maximum atomic E-state index is 11.9. The van der Waals surface area contributed by atoms with Gasteiger partial charge in [-0.05, 0) is 51.8 Å². The summed E-state index contributed by atoms with van der Waals surface area (Å²) in [7, 11) is 0. The fourth-order valence-corrected chi connectivity index (χ4v) is 2.46. The number of ether oxygens (including phenoxy) is 1. The Kier molecular flexibility index (Phi) is 4.03. The van der Waals surface area contributed by atoms with Gasteiger partial charge in [0, 0.05) is 16.6 Å². The zero-order valence-electron chi connectivity index (χ0n) is 11.6. The summed E-state index contributed by atoms with van der Waals surface area (Å²) < 4.78 is 5.95. The maximum Gasteiger partial charge on any atom is 0.363 e. The number of aliphatic imine (C=N–C) groups is 1. The van der Waals surface area contributed by atoms with Crippen molar-refractivity contribution in [2.75, 3.05) is 0 Å². The molecule has 0 N–H and O–H groups in total. The van der Waals surface area contributed by atoms with Crippen LogP contribution < -0.4 is 0 Å². The number of carbonyl (C=O) groups is 1. The van der Waals surface area contributed by atoms with Gasteiger partial charge in [-0.1, -0.05) is 12.1 Å². The van der Waals surface area contributed by atoms with Crippen LogP contribution in [0.2, 0.25) is 0 Å². The topological polar surface area (TPSA) is 81.8 Å². The number of hydrogen-bond acceptors (Lipinski definition) is 5. The van der Waals surface area contributed by atoms with Crippen LogP contribution in [-0.4, -0.2) is 16.8 Å². The molecule has 1 heterocycles. The van der Waals surface area contributed by atoms with E-state index in [-0.39, 0.29) is 17.3 Å². The quantitative estimate of drug-likeness (QED) is 0.356. The van der Waals surface area contributed by atoms with Crippen molar-refractivity contribution in [1.29, 1.82) is 0 Å². The van der Waals surface area contributed by atoms with Gasteiger partial charge in [0.2, 0.25) is 5.90 Å². The fraction of sp³-hybridized carbons (Fsp3) is 0. The molecular weight excluding hydrogens is 364 g/mol. The molecule has 7 heteroatoms. The summed E-state index contributed by atoms with van der Waals surface area (Å²) in [5.41, 5.74) is 1.43. The first-order valence-electron chi connectivity index (χ1n) is 6.56. The number of non-ortho nitro benzene ring substituents is 1. The summed E-state index contributed by atoms with van der Waals surface area (Å²) in [6, 6.07) is 13.1. The Morgan fingerprint density at radius 1 is 1.13 bits per heavy atom. The minimum Gasteiger partial charge on any atom is -0.402 e. The summed E-state index contributed by atoms with van der Waals surface area (Å²) in [5.74, 6) is -0.343. The zero-order chi connectivity index (χ0) is 16.4. The standard InChI is InChI=1S/C16H9BrN2O4/c17-13-4-2-1-3-12(13)15-18-14(16(20)23-15)9-10-5-7-11(8-6-10)19(21)22/h1-9H. The van der Waals surface area contributed by atoms with E-state index >= 15 is 0 Å². The van der Waals surface area contributed by atoms with Gasteiger partial charge in [0.1, 0.15) is 0 Å². The summed E-state index contributed by atoms with van der Waals surface area (Å²) in [6.45, 7) is 0. The third kappa shape index (κ3) is 3.19. The van der Waals surface area contributed by atoms with Gasteiger partial charge in [0.15, 0.2) is 5.70 Å². The van der Waals surface area contributed by atoms with Crippen LogP contribution in [0, 0.1) is 10.1 Å². The molecule has 0 bridgehead atoms. The molecule has 0 atom stereocenters. The molecule has 23 heavy (non-hydrogen) atoms. The smallest absolute Gasteiger partial charge is 0.363 e. The molecule has 0 spiro atoms. The minimum atomic E-state index is -0.561. The Bertz CT molecular complexity index is 857. The average Bonchev–Trinajstić information content (AvgIpc) is 2.89. The van der Waals surface area contributed by atoms with Crippen LogP contribution in [-0.2, 0) is 9.53 Å². The molecule has 1 aliphatic heterocycles. The molecule has 2 aromatic carbocycles. The molecule has 0 saturated carbocycles. The molecule has 0 saturated heterocycles. The van der Waals surface area contributed by atoms with Crippen molar-refractivity contribution in [1.82, 2.24) is 0 Å². The molecular formula is C16H9BrN2O4. The van der Waals surface area contributed by atoms with Gasteiger partial charge >= 0.3 is 5.97 Å². The van der Waals surface area contributed by atoms with Crippen molar-refractivity contribution in [2.45, 2.75) is 0 Å². The largest absolute Gasteiger partial charge is 0.402 e. The van der Waals surface area contributed by atoms with E-state index in [0.29, 0.717) is 11.1 Å². The normalized spacial score (nSPS) is 15.4. The lowest BCUT2D eigenvalue weighted by Crippen LogP contribution is -2.05. The molecule has 0 fully saturated rings. The van der Waals surface area contributed by atoms with Crippen molar-refractivity contribution < 1.29 is 14.5 Å². The van der Waals surface area contributed by atoms with Crippen LogP contribution in [0.3, 0.4) is 0 Å². The van der Waals surface area contributed by atoms with Crippen molar-refractivity contribution in [3.63, 3.8) is 0 Å². The molecule has 1 aliphatic rings. The van der Waals surface area contributed by atoms with Crippen LogP contribution >= 0.6 is 15.9 Å². The van der Waals surface area contributed by atoms with E-state index in [2.05, 4.69) is 20.9 Å². The molecule has 3 rings (SSSR count). The van der Waals surface area contributed by atoms with Crippen molar-refractivity contribution in [3.8, 4) is 0 Å². The lowest BCUT2D eigenvalue weighted by molar-refractivity contribution is -0.384. The number of nitro benzene ring substituents is 1. The number of esters is 1. The van der Waals surface area contributed by atoms with Gasteiger partial charge in [-0.3, -0.25) is 10.1 Å². The van der Waals surface area contributed by atoms with Gasteiger partial charge in [-0.15, -0.1) is 0 Å². The van der Waals surface area contributed by atoms with Crippen LogP contribution in [0.25, 0.3) is 6.08 Å². The second-order valence-electron chi connectivity index (χ2n) is 4.66. The molecule has 0 unspecified atom stereocenters. The minimum absolute atomic E-state index is 0.0152. The first-order valence-corrected chi connectivity index (χ1v) is 7.36. The second-order valence-corrected chi connectivity index (χ2v) is 5.52. The number of benzene rings is 2. The number of hydrogen-bond donors (Lipinski definition) is 0. The van der Waals surface area contributed by atoms with Crippen molar-refractivity contribution in [3.05, 3.63) is 79.9 Å². The Labute approximate surface area is 139 Å². The first-order chi connectivity index (χ1) is 11.0. The van der Waals surface area contributed by atoms with Gasteiger partial charge in [0.25, 0.3) is 5.69 Å². The van der Waals surface area contributed by atoms with Crippen LogP contribution in [0.15, 0.2) is 63.7 Å². The molecule has 114 valence electrons. The van der Waals surface area contributed by atoms with E-state index in [1.165, 1.54) is 18.2 Å². The lowest BCUT2D eigenvalue weighted by atomic mass is 10.2. The van der Waals surface area contributed by atoms with Gasteiger partial charge in [0.05, 0.1) is 10.5 Å². The van der Waals surface area contributed by atoms with Crippen LogP contribution in [0.1, 0.15) is 11.1 Å². The highest BCUT2D eigenvalue weighted by Crippen LogP contribution is 2.24. The average molecular weight is 373 g/mol. The molecule has 0 aliphatic carbocycles. The van der Waals surface area contributed by atoms with E-state index in [0.717, 1.165) is 4.47 Å². The summed E-state index contributed by atoms with van der Waals surface area (Å²) in [4.78, 5) is 26.3. The molecule has 0 radical (unpaired) electrons. The van der Waals surface area contributed by atoms with Crippen LogP contribution in [0.4, 0.5) is 5.69 Å². The zero-order valence-corrected chi connectivity index (χ0v) is 13.2. The van der Waals surface area contributed by atoms with E-state index in [1.54, 1.807) is 18.2 Å². The number of nitrogens with zero attached hydrogens (tertiary/aromatic N) is 2. The predicted octanol–water partition coefficient (Wildman–Crippen LogP) is 3.70. The highest BCUT2D eigenvalue weighted by molar-refractivity contribution is 9.10. The molecule has 2 aromatic rings. The van der Waals surface area contributed by atoms with E-state index in [9.17, 15) is 14.9 Å². The summed E-state index contributed by atoms with van der Waals surface area (Å²) >= 11 is 3.38. The van der Waals surface area contributed by atoms with Crippen molar-refractivity contribution >= 4 is 39.6 Å². The highest BCUT2D eigenvalue weighted by atomic mass is 79.9.